The van der Waals surface area contributed by atoms with E-state index >= 15 is 0 Å². The molecule has 0 aliphatic rings. The summed E-state index contributed by atoms with van der Waals surface area (Å²) >= 11 is 0. The molecule has 0 radical (unpaired) electrons. The molecule has 0 bridgehead atoms. The van der Waals surface area contributed by atoms with E-state index in [0.717, 1.165) is 17.2 Å². The Hall–Kier alpha value is -3.64. The van der Waals surface area contributed by atoms with E-state index in [0.29, 0.717) is 11.5 Å². The third-order valence-corrected chi connectivity index (χ3v) is 4.78. The number of fused-ring (bicyclic) bond motifs is 1. The lowest BCUT2D eigenvalue weighted by atomic mass is 10.1. The molecule has 0 aliphatic heterocycles. The number of amides is 1. The lowest BCUT2D eigenvalue weighted by Crippen LogP contribution is -2.32. The van der Waals surface area contributed by atoms with Gasteiger partial charge >= 0.3 is 0 Å². The average Bonchev–Trinajstić information content (AvgIpc) is 3.37. The summed E-state index contributed by atoms with van der Waals surface area (Å²) in [4.78, 5) is 21.0. The van der Waals surface area contributed by atoms with Crippen molar-refractivity contribution in [2.24, 2.45) is 0 Å². The molecule has 12 heteroatoms. The second kappa shape index (κ2) is 8.62. The lowest BCUT2D eigenvalue weighted by Gasteiger charge is -2.16. The van der Waals surface area contributed by atoms with Gasteiger partial charge in [0.2, 0.25) is 11.6 Å². The molecule has 160 valence electrons. The number of nitrogens with one attached hydrogen (secondary N) is 1. The molecule has 4 rings (SSSR count). The van der Waals surface area contributed by atoms with Crippen molar-refractivity contribution in [2.75, 3.05) is 6.26 Å². The van der Waals surface area contributed by atoms with Crippen LogP contribution in [0.15, 0.2) is 59.5 Å². The predicted octanol–water partition coefficient (Wildman–Crippen LogP) is 1.20. The van der Waals surface area contributed by atoms with Crippen LogP contribution in [0.4, 0.5) is 0 Å². The van der Waals surface area contributed by atoms with Crippen molar-refractivity contribution in [2.45, 2.75) is 19.2 Å². The standard InChI is InChI=1S/C19H18N6O5S/c1-31(27,28)29-12-15-10-25(24-23-15)11-17(26)22-18(14-5-2-6-20-9-14)16-8-13-4-3-7-21-19(13)30-16/h2-10,18H,11-12H2,1H3,(H,22,26). The van der Waals surface area contributed by atoms with Crippen molar-refractivity contribution in [3.8, 4) is 0 Å². The second-order valence-corrected chi connectivity index (χ2v) is 8.35. The monoisotopic (exact) mass is 442 g/mol. The quantitative estimate of drug-likeness (QED) is 0.398. The number of hydrogen-bond donors (Lipinski definition) is 1. The SMILES string of the molecule is CS(=O)(=O)OCc1cn(CC(=O)NC(c2cccnc2)c2cc3cccnc3o2)nn1. The number of hydrogen-bond acceptors (Lipinski definition) is 9. The van der Waals surface area contributed by atoms with E-state index in [9.17, 15) is 13.2 Å². The first-order chi connectivity index (χ1) is 14.9. The molecular weight excluding hydrogens is 424 g/mol. The van der Waals surface area contributed by atoms with Gasteiger partial charge in [0.25, 0.3) is 10.1 Å². The molecule has 11 nitrogen and oxygen atoms in total. The molecule has 1 amide bonds. The van der Waals surface area contributed by atoms with Gasteiger partial charge in [-0.15, -0.1) is 5.10 Å². The first-order valence-electron chi connectivity index (χ1n) is 9.14. The first-order valence-corrected chi connectivity index (χ1v) is 11.0. The maximum Gasteiger partial charge on any atom is 0.264 e. The van der Waals surface area contributed by atoms with Gasteiger partial charge in [0.05, 0.1) is 12.5 Å². The van der Waals surface area contributed by atoms with Gasteiger partial charge in [0, 0.05) is 29.5 Å². The lowest BCUT2D eigenvalue weighted by molar-refractivity contribution is -0.122. The Balaban J connectivity index is 1.51. The van der Waals surface area contributed by atoms with Gasteiger partial charge < -0.3 is 9.73 Å². The molecule has 4 aromatic rings. The van der Waals surface area contributed by atoms with E-state index in [-0.39, 0.29) is 24.8 Å². The summed E-state index contributed by atoms with van der Waals surface area (Å²) in [5.74, 6) is 0.152. The fourth-order valence-electron chi connectivity index (χ4n) is 2.90. The Morgan fingerprint density at radius 3 is 2.87 bits per heavy atom. The minimum absolute atomic E-state index is 0.138. The fourth-order valence-corrected chi connectivity index (χ4v) is 3.24. The van der Waals surface area contributed by atoms with E-state index in [1.807, 2.05) is 18.2 Å². The summed E-state index contributed by atoms with van der Waals surface area (Å²) in [5, 5.41) is 11.4. The van der Waals surface area contributed by atoms with Crippen molar-refractivity contribution in [3.05, 3.63) is 72.1 Å². The van der Waals surface area contributed by atoms with Crippen molar-refractivity contribution < 1.29 is 21.8 Å². The summed E-state index contributed by atoms with van der Waals surface area (Å²) in [6.07, 6.45) is 7.29. The largest absolute Gasteiger partial charge is 0.440 e. The van der Waals surface area contributed by atoms with Gasteiger partial charge in [-0.25, -0.2) is 9.67 Å². The van der Waals surface area contributed by atoms with Crippen LogP contribution >= 0.6 is 0 Å². The fraction of sp³-hybridized carbons (Fsp3) is 0.211. The number of pyridine rings is 2. The molecule has 0 aliphatic carbocycles. The van der Waals surface area contributed by atoms with Crippen LogP contribution in [0.2, 0.25) is 0 Å². The zero-order valence-electron chi connectivity index (χ0n) is 16.4. The Kier molecular flexibility index (Phi) is 5.73. The van der Waals surface area contributed by atoms with Crippen LogP contribution in [0.1, 0.15) is 23.1 Å². The van der Waals surface area contributed by atoms with Gasteiger partial charge in [-0.3, -0.25) is 14.0 Å². The summed E-state index contributed by atoms with van der Waals surface area (Å²) < 4.78 is 34.0. The van der Waals surface area contributed by atoms with Crippen molar-refractivity contribution >= 4 is 27.1 Å². The zero-order valence-corrected chi connectivity index (χ0v) is 17.2. The maximum atomic E-state index is 12.7. The molecular formula is C19H18N6O5S. The number of rotatable bonds is 8. The van der Waals surface area contributed by atoms with Crippen molar-refractivity contribution in [1.29, 1.82) is 0 Å². The van der Waals surface area contributed by atoms with Gasteiger partial charge in [-0.2, -0.15) is 8.42 Å². The Labute approximate surface area is 177 Å². The predicted molar refractivity (Wildman–Crippen MR) is 108 cm³/mol. The number of furan rings is 1. The molecule has 0 aromatic carbocycles. The Bertz CT molecular complexity index is 1270. The van der Waals surface area contributed by atoms with Gasteiger partial charge in [-0.05, 0) is 24.3 Å². The number of aromatic nitrogens is 5. The third-order valence-electron chi connectivity index (χ3n) is 4.23. The van der Waals surface area contributed by atoms with Gasteiger partial charge in [0.15, 0.2) is 0 Å². The minimum Gasteiger partial charge on any atom is -0.440 e. The summed E-state index contributed by atoms with van der Waals surface area (Å²) in [5.41, 5.74) is 1.48. The van der Waals surface area contributed by atoms with Crippen molar-refractivity contribution in [3.63, 3.8) is 0 Å². The number of nitrogens with zero attached hydrogens (tertiary/aromatic N) is 5. The van der Waals surface area contributed by atoms with Crippen LogP contribution in [0.3, 0.4) is 0 Å². The highest BCUT2D eigenvalue weighted by Crippen LogP contribution is 2.27. The molecule has 4 aromatic heterocycles. The van der Waals surface area contributed by atoms with E-state index in [1.54, 1.807) is 30.7 Å². The van der Waals surface area contributed by atoms with Crippen LogP contribution in [0.5, 0.6) is 0 Å². The summed E-state index contributed by atoms with van der Waals surface area (Å²) in [6, 6.07) is 8.49. The van der Waals surface area contributed by atoms with E-state index in [4.69, 9.17) is 4.42 Å². The third kappa shape index (κ3) is 5.29. The highest BCUT2D eigenvalue weighted by molar-refractivity contribution is 7.85. The molecule has 0 fully saturated rings. The Morgan fingerprint density at radius 2 is 2.13 bits per heavy atom. The van der Waals surface area contributed by atoms with Crippen LogP contribution in [-0.2, 0) is 32.2 Å². The highest BCUT2D eigenvalue weighted by atomic mass is 32.2. The molecule has 0 saturated carbocycles. The smallest absolute Gasteiger partial charge is 0.264 e. The molecule has 4 heterocycles. The average molecular weight is 442 g/mol. The van der Waals surface area contributed by atoms with Gasteiger partial charge in [0.1, 0.15) is 30.6 Å². The van der Waals surface area contributed by atoms with E-state index in [2.05, 4.69) is 29.8 Å². The minimum atomic E-state index is -3.60. The molecule has 0 saturated heterocycles. The first kappa shape index (κ1) is 20.6. The molecule has 1 N–H and O–H groups in total. The zero-order chi connectivity index (χ0) is 21.8. The van der Waals surface area contributed by atoms with Crippen LogP contribution in [-0.4, -0.2) is 45.5 Å². The maximum absolute atomic E-state index is 12.7. The topological polar surface area (TPSA) is 142 Å². The Morgan fingerprint density at radius 1 is 1.29 bits per heavy atom. The normalized spacial score (nSPS) is 12.7. The highest BCUT2D eigenvalue weighted by Gasteiger charge is 2.22. The van der Waals surface area contributed by atoms with Crippen LogP contribution in [0, 0.1) is 0 Å². The van der Waals surface area contributed by atoms with Crippen LogP contribution in [0.25, 0.3) is 11.1 Å². The molecule has 1 unspecified atom stereocenters. The van der Waals surface area contributed by atoms with Gasteiger partial charge in [-0.1, -0.05) is 11.3 Å². The number of carbonyl (C=O) groups is 1. The molecule has 31 heavy (non-hydrogen) atoms. The molecule has 1 atom stereocenters. The van der Waals surface area contributed by atoms with Crippen LogP contribution < -0.4 is 5.32 Å². The van der Waals surface area contributed by atoms with E-state index < -0.39 is 16.2 Å². The number of carbonyl (C=O) groups excluding carboxylic acids is 1. The summed E-state index contributed by atoms with van der Waals surface area (Å²) in [6.45, 7) is -0.397. The molecule has 0 spiro atoms. The van der Waals surface area contributed by atoms with E-state index in [1.165, 1.54) is 10.9 Å². The van der Waals surface area contributed by atoms with Crippen molar-refractivity contribution in [1.82, 2.24) is 30.3 Å². The second-order valence-electron chi connectivity index (χ2n) is 6.71. The summed E-state index contributed by atoms with van der Waals surface area (Å²) in [7, 11) is -3.60.